The Balaban J connectivity index is 2.05. The predicted octanol–water partition coefficient (Wildman–Crippen LogP) is 0.756. The van der Waals surface area contributed by atoms with Gasteiger partial charge in [-0.2, -0.15) is 5.26 Å². The van der Waals surface area contributed by atoms with Crippen molar-refractivity contribution in [3.63, 3.8) is 0 Å². The van der Waals surface area contributed by atoms with Crippen molar-refractivity contribution in [2.24, 2.45) is 5.41 Å². The molecule has 1 unspecified atom stereocenters. The number of carbonyl (C=O) groups is 2. The molecule has 1 heterocycles. The van der Waals surface area contributed by atoms with Gasteiger partial charge < -0.3 is 10.0 Å². The van der Waals surface area contributed by atoms with Gasteiger partial charge in [0, 0.05) is 24.8 Å². The number of carboxylic acid groups (broad SMARTS) is 1. The molecule has 0 radical (unpaired) electrons. The summed E-state index contributed by atoms with van der Waals surface area (Å²) in [5.41, 5.74) is -0.109. The highest BCUT2D eigenvalue weighted by Gasteiger charge is 2.48. The smallest absolute Gasteiger partial charge is 0.326 e. The number of carbonyl (C=O) groups excluding carboxylic acids is 1. The van der Waals surface area contributed by atoms with Crippen LogP contribution in [0.3, 0.4) is 0 Å². The predicted molar refractivity (Wildman–Crippen MR) is 54.3 cm³/mol. The van der Waals surface area contributed by atoms with Gasteiger partial charge in [0.2, 0.25) is 5.91 Å². The summed E-state index contributed by atoms with van der Waals surface area (Å²) in [6, 6.07) is 1.44. The van der Waals surface area contributed by atoms with Crippen LogP contribution in [0.25, 0.3) is 0 Å². The molecule has 86 valence electrons. The van der Waals surface area contributed by atoms with E-state index >= 15 is 0 Å². The fourth-order valence-corrected chi connectivity index (χ4v) is 2.29. The average Bonchev–Trinajstić information content (AvgIpc) is 2.87. The first-order valence-electron chi connectivity index (χ1n) is 5.47. The molecule has 1 aliphatic carbocycles. The third-order valence-corrected chi connectivity index (χ3v) is 3.53. The van der Waals surface area contributed by atoms with Crippen molar-refractivity contribution < 1.29 is 14.7 Å². The van der Waals surface area contributed by atoms with Crippen LogP contribution >= 0.6 is 0 Å². The van der Waals surface area contributed by atoms with E-state index in [2.05, 4.69) is 6.07 Å². The molecule has 1 atom stereocenters. The Hall–Kier alpha value is -1.57. The Morgan fingerprint density at radius 2 is 2.31 bits per heavy atom. The highest BCUT2D eigenvalue weighted by molar-refractivity contribution is 5.87. The lowest BCUT2D eigenvalue weighted by molar-refractivity contribution is -0.146. The Kier molecular flexibility index (Phi) is 2.58. The van der Waals surface area contributed by atoms with Crippen molar-refractivity contribution in [3.8, 4) is 6.07 Å². The minimum absolute atomic E-state index is 0.0865. The van der Waals surface area contributed by atoms with Gasteiger partial charge in [0.25, 0.3) is 0 Å². The zero-order valence-corrected chi connectivity index (χ0v) is 8.98. The van der Waals surface area contributed by atoms with E-state index in [0.717, 1.165) is 12.8 Å². The van der Waals surface area contributed by atoms with E-state index in [9.17, 15) is 9.59 Å². The van der Waals surface area contributed by atoms with Crippen LogP contribution in [0.1, 0.15) is 32.1 Å². The van der Waals surface area contributed by atoms with E-state index in [1.165, 1.54) is 4.90 Å². The number of nitrogens with zero attached hydrogens (tertiary/aromatic N) is 2. The van der Waals surface area contributed by atoms with Gasteiger partial charge in [0.1, 0.15) is 6.04 Å². The van der Waals surface area contributed by atoms with Crippen molar-refractivity contribution in [2.45, 2.75) is 38.1 Å². The minimum Gasteiger partial charge on any atom is -0.480 e. The molecule has 1 amide bonds. The van der Waals surface area contributed by atoms with E-state index in [1.807, 2.05) is 0 Å². The van der Waals surface area contributed by atoms with E-state index in [0.29, 0.717) is 25.8 Å². The lowest BCUT2D eigenvalue weighted by atomic mass is 10.0. The molecular formula is C11H14N2O3. The molecule has 1 saturated carbocycles. The molecule has 0 aromatic rings. The first kappa shape index (κ1) is 10.9. The summed E-state index contributed by atoms with van der Waals surface area (Å²) in [6.45, 7) is 0.441. The fraction of sp³-hybridized carbons (Fsp3) is 0.727. The Morgan fingerprint density at radius 3 is 2.81 bits per heavy atom. The quantitative estimate of drug-likeness (QED) is 0.761. The maximum Gasteiger partial charge on any atom is 0.326 e. The highest BCUT2D eigenvalue weighted by Crippen LogP contribution is 2.49. The zero-order chi connectivity index (χ0) is 11.8. The number of hydrogen-bond donors (Lipinski definition) is 1. The van der Waals surface area contributed by atoms with E-state index in [4.69, 9.17) is 10.4 Å². The third kappa shape index (κ3) is 1.87. The second-order valence-corrected chi connectivity index (χ2v) is 4.75. The van der Waals surface area contributed by atoms with Gasteiger partial charge in [-0.15, -0.1) is 0 Å². The van der Waals surface area contributed by atoms with Crippen LogP contribution < -0.4 is 0 Å². The van der Waals surface area contributed by atoms with Gasteiger partial charge in [-0.05, 0) is 19.3 Å². The van der Waals surface area contributed by atoms with Crippen molar-refractivity contribution in [1.82, 2.24) is 4.90 Å². The van der Waals surface area contributed by atoms with Crippen molar-refractivity contribution >= 4 is 11.9 Å². The Bertz CT molecular complexity index is 368. The summed E-state index contributed by atoms with van der Waals surface area (Å²) in [6.07, 6.45) is 2.99. The molecule has 1 aliphatic heterocycles. The number of carboxylic acids is 1. The third-order valence-electron chi connectivity index (χ3n) is 3.53. The normalized spacial score (nSPS) is 26.6. The summed E-state index contributed by atoms with van der Waals surface area (Å²) in [5, 5.41) is 17.7. The van der Waals surface area contributed by atoms with Gasteiger partial charge in [0.05, 0.1) is 6.07 Å². The second kappa shape index (κ2) is 3.78. The van der Waals surface area contributed by atoms with Gasteiger partial charge in [-0.1, -0.05) is 0 Å². The van der Waals surface area contributed by atoms with Crippen LogP contribution in [0.5, 0.6) is 0 Å². The van der Waals surface area contributed by atoms with Gasteiger partial charge in [-0.3, -0.25) is 4.79 Å². The Morgan fingerprint density at radius 1 is 1.62 bits per heavy atom. The first-order valence-corrected chi connectivity index (χ1v) is 5.47. The number of hydrogen-bond acceptors (Lipinski definition) is 3. The molecular weight excluding hydrogens is 208 g/mol. The fourth-order valence-electron chi connectivity index (χ4n) is 2.29. The van der Waals surface area contributed by atoms with E-state index < -0.39 is 12.0 Å². The topological polar surface area (TPSA) is 81.4 Å². The molecule has 0 aromatic heterocycles. The standard InChI is InChI=1S/C11H14N2O3/c12-6-5-11(3-4-11)7-13-8(10(15)16)1-2-9(13)14/h8H,1-5,7H2,(H,15,16). The van der Waals surface area contributed by atoms with Gasteiger partial charge in [0.15, 0.2) is 0 Å². The number of likely N-dealkylation sites (tertiary alicyclic amines) is 1. The van der Waals surface area contributed by atoms with Gasteiger partial charge in [-0.25, -0.2) is 4.79 Å². The van der Waals surface area contributed by atoms with Crippen LogP contribution in [0.4, 0.5) is 0 Å². The van der Waals surface area contributed by atoms with Gasteiger partial charge >= 0.3 is 5.97 Å². The van der Waals surface area contributed by atoms with E-state index in [-0.39, 0.29) is 11.3 Å². The van der Waals surface area contributed by atoms with Crippen LogP contribution in [0, 0.1) is 16.7 Å². The number of aliphatic carboxylic acids is 1. The minimum atomic E-state index is -0.932. The maximum atomic E-state index is 11.6. The molecule has 1 saturated heterocycles. The summed E-state index contributed by atoms with van der Waals surface area (Å²) in [7, 11) is 0. The number of amides is 1. The average molecular weight is 222 g/mol. The van der Waals surface area contributed by atoms with Crippen LogP contribution in [0.15, 0.2) is 0 Å². The highest BCUT2D eigenvalue weighted by atomic mass is 16.4. The SMILES string of the molecule is N#CCC1(CN2C(=O)CCC2C(=O)O)CC1. The van der Waals surface area contributed by atoms with Crippen LogP contribution in [0.2, 0.25) is 0 Å². The summed E-state index contributed by atoms with van der Waals surface area (Å²) in [5.74, 6) is -1.02. The molecule has 2 fully saturated rings. The molecule has 5 nitrogen and oxygen atoms in total. The molecule has 0 bridgehead atoms. The molecule has 0 aromatic carbocycles. The van der Waals surface area contributed by atoms with Crippen molar-refractivity contribution in [1.29, 1.82) is 5.26 Å². The zero-order valence-electron chi connectivity index (χ0n) is 8.98. The van der Waals surface area contributed by atoms with Crippen molar-refractivity contribution in [3.05, 3.63) is 0 Å². The molecule has 2 rings (SSSR count). The monoisotopic (exact) mass is 222 g/mol. The number of rotatable bonds is 4. The summed E-state index contributed by atoms with van der Waals surface area (Å²) in [4.78, 5) is 24.0. The lowest BCUT2D eigenvalue weighted by Gasteiger charge is -2.25. The largest absolute Gasteiger partial charge is 0.480 e. The van der Waals surface area contributed by atoms with Crippen LogP contribution in [-0.2, 0) is 9.59 Å². The molecule has 2 aliphatic rings. The number of nitriles is 1. The second-order valence-electron chi connectivity index (χ2n) is 4.75. The Labute approximate surface area is 93.6 Å². The van der Waals surface area contributed by atoms with Crippen LogP contribution in [-0.4, -0.2) is 34.5 Å². The summed E-state index contributed by atoms with van der Waals surface area (Å²) < 4.78 is 0. The molecule has 5 heteroatoms. The van der Waals surface area contributed by atoms with Crippen molar-refractivity contribution in [2.75, 3.05) is 6.54 Å². The maximum absolute atomic E-state index is 11.6. The first-order chi connectivity index (χ1) is 7.58. The lowest BCUT2D eigenvalue weighted by Crippen LogP contribution is -2.42. The summed E-state index contributed by atoms with van der Waals surface area (Å²) >= 11 is 0. The molecule has 16 heavy (non-hydrogen) atoms. The van der Waals surface area contributed by atoms with E-state index in [1.54, 1.807) is 0 Å². The molecule has 0 spiro atoms. The molecule has 1 N–H and O–H groups in total.